The zero-order valence-corrected chi connectivity index (χ0v) is 14.5. The summed E-state index contributed by atoms with van der Waals surface area (Å²) in [6, 6.07) is 12.2. The maximum atomic E-state index is 14.0. The molecule has 7 heteroatoms. The molecule has 1 fully saturated rings. The molecule has 1 atom stereocenters. The molecule has 1 aliphatic rings. The zero-order chi connectivity index (χ0) is 18.0. The molecule has 1 heterocycles. The van der Waals surface area contributed by atoms with E-state index in [-0.39, 0.29) is 35.3 Å². The minimum Gasteiger partial charge on any atom is -0.370 e. The van der Waals surface area contributed by atoms with Gasteiger partial charge in [0.05, 0.1) is 18.0 Å². The van der Waals surface area contributed by atoms with Crippen LogP contribution in [0.15, 0.2) is 53.4 Å². The zero-order valence-electron chi connectivity index (χ0n) is 13.7. The number of sulfone groups is 1. The highest BCUT2D eigenvalue weighted by molar-refractivity contribution is 7.90. The third-order valence-electron chi connectivity index (χ3n) is 4.11. The van der Waals surface area contributed by atoms with Gasteiger partial charge < -0.3 is 9.64 Å². The average molecular weight is 363 g/mol. The van der Waals surface area contributed by atoms with Crippen LogP contribution < -0.4 is 0 Å². The van der Waals surface area contributed by atoms with E-state index >= 15 is 0 Å². The lowest BCUT2D eigenvalue weighted by molar-refractivity contribution is -0.0243. The van der Waals surface area contributed by atoms with Crippen molar-refractivity contribution in [2.24, 2.45) is 0 Å². The minimum absolute atomic E-state index is 0.0947. The van der Waals surface area contributed by atoms with Gasteiger partial charge in [0.25, 0.3) is 5.91 Å². The molecule has 1 aliphatic heterocycles. The topological polar surface area (TPSA) is 63.7 Å². The predicted molar refractivity (Wildman–Crippen MR) is 90.5 cm³/mol. The van der Waals surface area contributed by atoms with Crippen LogP contribution in [-0.4, -0.2) is 45.2 Å². The van der Waals surface area contributed by atoms with Crippen molar-refractivity contribution < 1.29 is 22.3 Å². The molecule has 0 saturated carbocycles. The Bertz CT molecular complexity index is 897. The summed E-state index contributed by atoms with van der Waals surface area (Å²) >= 11 is 0. The Kier molecular flexibility index (Phi) is 4.87. The fraction of sp³-hybridized carbons (Fsp3) is 0.278. The van der Waals surface area contributed by atoms with E-state index in [1.807, 2.05) is 0 Å². The number of morpholine rings is 1. The summed E-state index contributed by atoms with van der Waals surface area (Å²) in [6.07, 6.45) is 0.552. The van der Waals surface area contributed by atoms with Crippen LogP contribution >= 0.6 is 0 Å². The van der Waals surface area contributed by atoms with Crippen molar-refractivity contribution in [1.82, 2.24) is 4.90 Å². The molecule has 0 aliphatic carbocycles. The summed E-state index contributed by atoms with van der Waals surface area (Å²) in [5, 5.41) is 0. The second-order valence-corrected chi connectivity index (χ2v) is 7.95. The molecule has 5 nitrogen and oxygen atoms in total. The standard InChI is InChI=1S/C18H18FNO4S/c1-25(22,23)14-6-4-5-13(11-14)18(21)20-9-10-24-17(12-20)15-7-2-3-8-16(15)19/h2-8,11,17H,9-10,12H2,1H3. The molecule has 1 saturated heterocycles. The second kappa shape index (κ2) is 6.93. The molecule has 1 amide bonds. The summed E-state index contributed by atoms with van der Waals surface area (Å²) < 4.78 is 42.9. The number of ether oxygens (including phenoxy) is 1. The number of rotatable bonds is 3. The van der Waals surface area contributed by atoms with Crippen LogP contribution in [0.4, 0.5) is 4.39 Å². The van der Waals surface area contributed by atoms with Gasteiger partial charge in [0, 0.05) is 23.9 Å². The van der Waals surface area contributed by atoms with E-state index in [1.54, 1.807) is 35.2 Å². The van der Waals surface area contributed by atoms with Gasteiger partial charge in [-0.2, -0.15) is 0 Å². The third-order valence-corrected chi connectivity index (χ3v) is 5.23. The van der Waals surface area contributed by atoms with Crippen molar-refractivity contribution in [2.45, 2.75) is 11.0 Å². The second-order valence-electron chi connectivity index (χ2n) is 5.93. The molecule has 25 heavy (non-hydrogen) atoms. The smallest absolute Gasteiger partial charge is 0.254 e. The molecule has 0 N–H and O–H groups in total. The maximum Gasteiger partial charge on any atom is 0.254 e. The third kappa shape index (κ3) is 3.88. The Morgan fingerprint density at radius 2 is 1.96 bits per heavy atom. The molecule has 2 aromatic carbocycles. The molecule has 3 rings (SSSR count). The molecular weight excluding hydrogens is 345 g/mol. The molecule has 2 aromatic rings. The van der Waals surface area contributed by atoms with Crippen LogP contribution in [0.5, 0.6) is 0 Å². The largest absolute Gasteiger partial charge is 0.370 e. The number of carbonyl (C=O) groups is 1. The van der Waals surface area contributed by atoms with Crippen molar-refractivity contribution in [2.75, 3.05) is 26.0 Å². The van der Waals surface area contributed by atoms with Crippen LogP contribution in [0.3, 0.4) is 0 Å². The van der Waals surface area contributed by atoms with Gasteiger partial charge in [-0.1, -0.05) is 24.3 Å². The number of hydrogen-bond donors (Lipinski definition) is 0. The van der Waals surface area contributed by atoms with Gasteiger partial charge in [0.2, 0.25) is 0 Å². The van der Waals surface area contributed by atoms with Crippen molar-refractivity contribution >= 4 is 15.7 Å². The van der Waals surface area contributed by atoms with E-state index in [1.165, 1.54) is 18.2 Å². The highest BCUT2D eigenvalue weighted by atomic mass is 32.2. The van der Waals surface area contributed by atoms with E-state index in [9.17, 15) is 17.6 Å². The predicted octanol–water partition coefficient (Wildman–Crippen LogP) is 2.44. The average Bonchev–Trinajstić information content (AvgIpc) is 2.61. The van der Waals surface area contributed by atoms with Gasteiger partial charge in [-0.3, -0.25) is 4.79 Å². The summed E-state index contributed by atoms with van der Waals surface area (Å²) in [7, 11) is -3.39. The lowest BCUT2D eigenvalue weighted by atomic mass is 10.1. The van der Waals surface area contributed by atoms with Gasteiger partial charge in [-0.05, 0) is 24.3 Å². The van der Waals surface area contributed by atoms with Gasteiger partial charge in [0.1, 0.15) is 11.9 Å². The fourth-order valence-electron chi connectivity index (χ4n) is 2.80. The normalized spacial score (nSPS) is 18.2. The number of nitrogens with zero attached hydrogens (tertiary/aromatic N) is 1. The SMILES string of the molecule is CS(=O)(=O)c1cccc(C(=O)N2CCOC(c3ccccc3F)C2)c1. The first-order valence-electron chi connectivity index (χ1n) is 7.81. The summed E-state index contributed by atoms with van der Waals surface area (Å²) in [5.41, 5.74) is 0.696. The highest BCUT2D eigenvalue weighted by Crippen LogP contribution is 2.25. The number of carbonyl (C=O) groups excluding carboxylic acids is 1. The molecule has 0 radical (unpaired) electrons. The fourth-order valence-corrected chi connectivity index (χ4v) is 3.47. The van der Waals surface area contributed by atoms with Gasteiger partial charge in [0.15, 0.2) is 9.84 Å². The Labute approximate surface area is 145 Å². The Morgan fingerprint density at radius 3 is 2.68 bits per heavy atom. The van der Waals surface area contributed by atoms with E-state index in [0.29, 0.717) is 12.1 Å². The summed E-state index contributed by atoms with van der Waals surface area (Å²) in [4.78, 5) is 14.4. The minimum atomic E-state index is -3.39. The van der Waals surface area contributed by atoms with Crippen molar-refractivity contribution in [1.29, 1.82) is 0 Å². The first-order valence-corrected chi connectivity index (χ1v) is 9.71. The van der Waals surface area contributed by atoms with Crippen molar-refractivity contribution in [3.8, 4) is 0 Å². The first-order chi connectivity index (χ1) is 11.9. The lowest BCUT2D eigenvalue weighted by Crippen LogP contribution is -2.42. The Balaban J connectivity index is 1.82. The first kappa shape index (κ1) is 17.6. The van der Waals surface area contributed by atoms with Crippen LogP contribution in [-0.2, 0) is 14.6 Å². The molecule has 1 unspecified atom stereocenters. The molecule has 0 spiro atoms. The van der Waals surface area contributed by atoms with Crippen LogP contribution in [0.25, 0.3) is 0 Å². The number of amides is 1. The van der Waals surface area contributed by atoms with Gasteiger partial charge >= 0.3 is 0 Å². The lowest BCUT2D eigenvalue weighted by Gasteiger charge is -2.33. The molecule has 0 aromatic heterocycles. The van der Waals surface area contributed by atoms with Crippen LogP contribution in [0, 0.1) is 5.82 Å². The number of hydrogen-bond acceptors (Lipinski definition) is 4. The van der Waals surface area contributed by atoms with E-state index in [0.717, 1.165) is 6.26 Å². The highest BCUT2D eigenvalue weighted by Gasteiger charge is 2.28. The van der Waals surface area contributed by atoms with Crippen LogP contribution in [0.2, 0.25) is 0 Å². The Hall–Kier alpha value is -2.25. The van der Waals surface area contributed by atoms with E-state index in [4.69, 9.17) is 4.74 Å². The van der Waals surface area contributed by atoms with Crippen molar-refractivity contribution in [3.05, 3.63) is 65.5 Å². The van der Waals surface area contributed by atoms with E-state index in [2.05, 4.69) is 0 Å². The Morgan fingerprint density at radius 1 is 1.20 bits per heavy atom. The monoisotopic (exact) mass is 363 g/mol. The van der Waals surface area contributed by atoms with Crippen molar-refractivity contribution in [3.63, 3.8) is 0 Å². The number of benzene rings is 2. The summed E-state index contributed by atoms with van der Waals surface area (Å²) in [5.74, 6) is -0.670. The maximum absolute atomic E-state index is 14.0. The van der Waals surface area contributed by atoms with Gasteiger partial charge in [-0.25, -0.2) is 12.8 Å². The molecular formula is C18H18FNO4S. The quantitative estimate of drug-likeness (QED) is 0.840. The van der Waals surface area contributed by atoms with E-state index < -0.39 is 15.9 Å². The molecule has 0 bridgehead atoms. The number of halogens is 1. The molecule has 132 valence electrons. The van der Waals surface area contributed by atoms with Gasteiger partial charge in [-0.15, -0.1) is 0 Å². The summed E-state index contributed by atoms with van der Waals surface area (Å²) in [6.45, 7) is 0.867. The van der Waals surface area contributed by atoms with Crippen LogP contribution in [0.1, 0.15) is 22.0 Å².